The second kappa shape index (κ2) is 6.06. The van der Waals surface area contributed by atoms with Crippen LogP contribution in [0.5, 0.6) is 0 Å². The molecule has 7 heteroatoms. The Balaban J connectivity index is 1.84. The first kappa shape index (κ1) is 13.8. The van der Waals surface area contributed by atoms with Crippen LogP contribution in [-0.2, 0) is 4.74 Å². The first-order valence-electron chi connectivity index (χ1n) is 7.13. The minimum atomic E-state index is -0.153. The molecular weight excluding hydrogens is 270 g/mol. The first-order chi connectivity index (χ1) is 10.3. The third-order valence-electron chi connectivity index (χ3n) is 4.01. The number of aromatic nitrogens is 4. The fourth-order valence-corrected chi connectivity index (χ4v) is 2.94. The fraction of sp³-hybridized carbons (Fsp3) is 0.571. The van der Waals surface area contributed by atoms with Gasteiger partial charge in [-0.25, -0.2) is 0 Å². The van der Waals surface area contributed by atoms with Gasteiger partial charge in [0.1, 0.15) is 17.9 Å². The predicted octanol–water partition coefficient (Wildman–Crippen LogP) is 2.60. The zero-order valence-corrected chi connectivity index (χ0v) is 11.9. The lowest BCUT2D eigenvalue weighted by Gasteiger charge is -2.26. The van der Waals surface area contributed by atoms with Crippen molar-refractivity contribution in [3.8, 4) is 17.5 Å². The van der Waals surface area contributed by atoms with E-state index >= 15 is 0 Å². The van der Waals surface area contributed by atoms with Gasteiger partial charge in [0.2, 0.25) is 5.82 Å². The topological polar surface area (TPSA) is 101 Å². The number of ether oxygens (including phenoxy) is 1. The Morgan fingerprint density at radius 1 is 1.43 bits per heavy atom. The minimum absolute atomic E-state index is 0.153. The highest BCUT2D eigenvalue weighted by molar-refractivity contribution is 5.59. The minimum Gasteiger partial charge on any atom is -0.373 e. The van der Waals surface area contributed by atoms with Crippen LogP contribution in [0.3, 0.4) is 0 Å². The second-order valence-electron chi connectivity index (χ2n) is 5.28. The number of H-pyrrole nitrogens is 1. The van der Waals surface area contributed by atoms with Crippen molar-refractivity contribution in [2.75, 3.05) is 7.11 Å². The van der Waals surface area contributed by atoms with E-state index in [-0.39, 0.29) is 6.10 Å². The van der Waals surface area contributed by atoms with Gasteiger partial charge in [0.05, 0.1) is 11.8 Å². The normalized spacial score (nSPS) is 17.5. The van der Waals surface area contributed by atoms with E-state index in [1.165, 1.54) is 25.5 Å². The summed E-state index contributed by atoms with van der Waals surface area (Å²) < 4.78 is 10.9. The van der Waals surface area contributed by atoms with Gasteiger partial charge in [-0.15, -0.1) is 0 Å². The maximum atomic E-state index is 9.00. The van der Waals surface area contributed by atoms with E-state index in [9.17, 15) is 0 Å². The third-order valence-corrected chi connectivity index (χ3v) is 4.01. The van der Waals surface area contributed by atoms with E-state index in [4.69, 9.17) is 14.5 Å². The molecule has 3 rings (SSSR count). The van der Waals surface area contributed by atoms with E-state index in [1.807, 2.05) is 6.07 Å². The Bertz CT molecular complexity index is 636. The Labute approximate surface area is 122 Å². The van der Waals surface area contributed by atoms with Crippen LogP contribution >= 0.6 is 0 Å². The highest BCUT2D eigenvalue weighted by Gasteiger charge is 2.29. The lowest BCUT2D eigenvalue weighted by molar-refractivity contribution is 0.0274. The molecule has 1 N–H and O–H groups in total. The molecule has 1 aliphatic rings. The van der Waals surface area contributed by atoms with Crippen LogP contribution in [0.2, 0.25) is 0 Å². The largest absolute Gasteiger partial charge is 0.373 e. The zero-order valence-electron chi connectivity index (χ0n) is 11.9. The van der Waals surface area contributed by atoms with Crippen LogP contribution in [0.25, 0.3) is 11.5 Å². The molecule has 2 aromatic rings. The number of nitrogens with zero attached hydrogens (tertiary/aromatic N) is 4. The summed E-state index contributed by atoms with van der Waals surface area (Å²) in [6.07, 6.45) is 7.32. The molecule has 2 aromatic heterocycles. The monoisotopic (exact) mass is 287 g/mol. The second-order valence-corrected chi connectivity index (χ2v) is 5.28. The van der Waals surface area contributed by atoms with Crippen LogP contribution in [0.4, 0.5) is 0 Å². The molecule has 0 radical (unpaired) electrons. The molecule has 1 saturated carbocycles. The molecule has 0 aliphatic heterocycles. The van der Waals surface area contributed by atoms with Crippen LogP contribution in [0.15, 0.2) is 10.7 Å². The quantitative estimate of drug-likeness (QED) is 0.927. The van der Waals surface area contributed by atoms with E-state index < -0.39 is 0 Å². The summed E-state index contributed by atoms with van der Waals surface area (Å²) in [5.41, 5.74) is 0.839. The average molecular weight is 287 g/mol. The molecule has 21 heavy (non-hydrogen) atoms. The molecule has 0 bridgehead atoms. The van der Waals surface area contributed by atoms with Gasteiger partial charge in [-0.1, -0.05) is 24.4 Å². The number of nitriles is 1. The number of hydrogen-bond donors (Lipinski definition) is 1. The van der Waals surface area contributed by atoms with Crippen molar-refractivity contribution in [3.05, 3.63) is 17.7 Å². The van der Waals surface area contributed by atoms with Crippen molar-refractivity contribution in [2.24, 2.45) is 5.92 Å². The summed E-state index contributed by atoms with van der Waals surface area (Å²) in [6.45, 7) is 0. The van der Waals surface area contributed by atoms with E-state index in [0.717, 1.165) is 12.8 Å². The van der Waals surface area contributed by atoms with Gasteiger partial charge < -0.3 is 9.26 Å². The zero-order chi connectivity index (χ0) is 14.7. The van der Waals surface area contributed by atoms with Gasteiger partial charge >= 0.3 is 0 Å². The number of hydrogen-bond acceptors (Lipinski definition) is 6. The van der Waals surface area contributed by atoms with Crippen molar-refractivity contribution in [1.82, 2.24) is 20.3 Å². The Morgan fingerprint density at radius 3 is 2.95 bits per heavy atom. The lowest BCUT2D eigenvalue weighted by Crippen LogP contribution is -2.19. The summed E-state index contributed by atoms with van der Waals surface area (Å²) >= 11 is 0. The summed E-state index contributed by atoms with van der Waals surface area (Å²) in [4.78, 5) is 4.39. The average Bonchev–Trinajstić information content (AvgIpc) is 3.17. The molecule has 110 valence electrons. The Morgan fingerprint density at radius 2 is 2.24 bits per heavy atom. The van der Waals surface area contributed by atoms with E-state index in [0.29, 0.717) is 28.9 Å². The Kier molecular flexibility index (Phi) is 3.97. The fourth-order valence-electron chi connectivity index (χ4n) is 2.94. The molecule has 1 fully saturated rings. The molecule has 0 amide bonds. The SMILES string of the molecule is COC(c1noc(-c2cn[nH]c2C#N)n1)C1CCCCC1. The smallest absolute Gasteiger partial charge is 0.262 e. The van der Waals surface area contributed by atoms with Crippen molar-refractivity contribution in [1.29, 1.82) is 5.26 Å². The molecule has 0 saturated heterocycles. The van der Waals surface area contributed by atoms with Gasteiger partial charge in [-0.2, -0.15) is 15.3 Å². The van der Waals surface area contributed by atoms with Crippen molar-refractivity contribution in [2.45, 2.75) is 38.2 Å². The number of nitrogens with one attached hydrogen (secondary N) is 1. The van der Waals surface area contributed by atoms with Crippen LogP contribution in [0, 0.1) is 17.2 Å². The molecule has 2 heterocycles. The lowest BCUT2D eigenvalue weighted by atomic mass is 9.85. The van der Waals surface area contributed by atoms with Crippen LogP contribution < -0.4 is 0 Å². The summed E-state index contributed by atoms with van der Waals surface area (Å²) in [5, 5.41) is 19.5. The predicted molar refractivity (Wildman–Crippen MR) is 72.9 cm³/mol. The Hall–Kier alpha value is -2.20. The number of methoxy groups -OCH3 is 1. The third kappa shape index (κ3) is 2.67. The van der Waals surface area contributed by atoms with E-state index in [1.54, 1.807) is 7.11 Å². The number of rotatable bonds is 4. The van der Waals surface area contributed by atoms with Gasteiger partial charge in [-0.05, 0) is 18.8 Å². The van der Waals surface area contributed by atoms with E-state index in [2.05, 4.69) is 20.3 Å². The highest BCUT2D eigenvalue weighted by atomic mass is 16.5. The maximum Gasteiger partial charge on any atom is 0.262 e. The molecule has 1 atom stereocenters. The van der Waals surface area contributed by atoms with Gasteiger partial charge in [0.25, 0.3) is 5.89 Å². The molecule has 0 aromatic carbocycles. The van der Waals surface area contributed by atoms with Crippen LogP contribution in [0.1, 0.15) is 49.7 Å². The van der Waals surface area contributed by atoms with Gasteiger partial charge in [0, 0.05) is 7.11 Å². The molecule has 1 unspecified atom stereocenters. The highest BCUT2D eigenvalue weighted by Crippen LogP contribution is 2.36. The summed E-state index contributed by atoms with van der Waals surface area (Å²) in [5.74, 6) is 1.27. The standard InChI is InChI=1S/C14H17N5O2/c1-20-12(9-5-3-2-4-6-9)13-17-14(21-19-13)10-8-16-18-11(10)7-15/h8-9,12H,2-6H2,1H3,(H,16,18). The number of aromatic amines is 1. The van der Waals surface area contributed by atoms with Crippen molar-refractivity contribution >= 4 is 0 Å². The van der Waals surface area contributed by atoms with Crippen molar-refractivity contribution in [3.63, 3.8) is 0 Å². The summed E-state index contributed by atoms with van der Waals surface area (Å²) in [6, 6.07) is 2.01. The van der Waals surface area contributed by atoms with Gasteiger partial charge in [-0.3, -0.25) is 5.10 Å². The van der Waals surface area contributed by atoms with Crippen molar-refractivity contribution < 1.29 is 9.26 Å². The first-order valence-corrected chi connectivity index (χ1v) is 7.13. The molecular formula is C14H17N5O2. The van der Waals surface area contributed by atoms with Crippen LogP contribution in [-0.4, -0.2) is 27.4 Å². The molecule has 0 spiro atoms. The molecule has 1 aliphatic carbocycles. The van der Waals surface area contributed by atoms with Gasteiger partial charge in [0.15, 0.2) is 0 Å². The molecule has 7 nitrogen and oxygen atoms in total. The maximum absolute atomic E-state index is 9.00. The summed E-state index contributed by atoms with van der Waals surface area (Å²) in [7, 11) is 1.67.